The summed E-state index contributed by atoms with van der Waals surface area (Å²) in [6, 6.07) is 18.3. The Morgan fingerprint density at radius 3 is 2.79 bits per heavy atom. The van der Waals surface area contributed by atoms with Gasteiger partial charge in [0.2, 0.25) is 0 Å². The first kappa shape index (κ1) is 12.9. The summed E-state index contributed by atoms with van der Waals surface area (Å²) in [7, 11) is -0.284. The average Bonchev–Trinajstić information content (AvgIpc) is 2.44. The van der Waals surface area contributed by atoms with E-state index in [1.807, 2.05) is 12.3 Å². The summed E-state index contributed by atoms with van der Waals surface area (Å²) in [5.74, 6) is 0. The molecule has 0 fully saturated rings. The molecule has 0 spiro atoms. The van der Waals surface area contributed by atoms with Crippen LogP contribution in [0, 0.1) is 6.07 Å². The minimum Gasteiger partial charge on any atom is -0.304 e. The molecule has 1 radical (unpaired) electrons. The minimum absolute atomic E-state index is 0. The van der Waals surface area contributed by atoms with E-state index >= 15 is 0 Å². The third-order valence-corrected chi connectivity index (χ3v) is 5.75. The number of benzene rings is 2. The van der Waals surface area contributed by atoms with Gasteiger partial charge in [-0.1, -0.05) is 31.4 Å². The predicted octanol–water partition coefficient (Wildman–Crippen LogP) is 3.08. The molecule has 1 atom stereocenters. The fourth-order valence-electron chi connectivity index (χ4n) is 2.71. The summed E-state index contributed by atoms with van der Waals surface area (Å²) in [4.78, 5) is 4.59. The number of nitrogens with zero attached hydrogens (tertiary/aromatic N) is 1. The van der Waals surface area contributed by atoms with Crippen LogP contribution in [0.5, 0.6) is 0 Å². The molecule has 0 saturated carbocycles. The van der Waals surface area contributed by atoms with Gasteiger partial charge in [-0.05, 0) is 34.5 Å². The van der Waals surface area contributed by atoms with Crippen LogP contribution in [-0.2, 0) is 20.1 Å². The number of fused-ring (bicyclic) bond motifs is 2. The van der Waals surface area contributed by atoms with Crippen LogP contribution in [0.1, 0.15) is 0 Å². The zero-order valence-corrected chi connectivity index (χ0v) is 13.6. The van der Waals surface area contributed by atoms with Gasteiger partial charge in [0.05, 0.1) is 0 Å². The Bertz CT molecular complexity index is 764. The number of hydrogen-bond acceptors (Lipinski definition) is 1. The van der Waals surface area contributed by atoms with Crippen LogP contribution in [0.4, 0.5) is 0 Å². The molecule has 0 amide bonds. The molecule has 1 aliphatic rings. The Kier molecular flexibility index (Phi) is 3.27. The maximum atomic E-state index is 4.59. The Morgan fingerprint density at radius 1 is 1.05 bits per heavy atom. The van der Waals surface area contributed by atoms with E-state index in [1.165, 1.54) is 26.9 Å². The van der Waals surface area contributed by atoms with E-state index in [2.05, 4.69) is 54.1 Å². The standard InChI is InChI=1S/C16H11NP.Ir/c1-18-13-7-3-2-6-12(13)16-15-11(9-10-17-16)5-4-8-14(15)18;/h2-5,7-10H,1H3;/q-1;. The van der Waals surface area contributed by atoms with Crippen molar-refractivity contribution in [1.29, 1.82) is 0 Å². The molecule has 3 heteroatoms. The first-order chi connectivity index (χ1) is 8.86. The van der Waals surface area contributed by atoms with Crippen molar-refractivity contribution < 1.29 is 20.1 Å². The van der Waals surface area contributed by atoms with Crippen LogP contribution in [-0.4, -0.2) is 11.6 Å². The van der Waals surface area contributed by atoms with Gasteiger partial charge in [0.25, 0.3) is 0 Å². The van der Waals surface area contributed by atoms with Crippen LogP contribution in [0.2, 0.25) is 0 Å². The maximum absolute atomic E-state index is 4.59. The monoisotopic (exact) mass is 441 g/mol. The first-order valence-corrected chi connectivity index (χ1v) is 7.78. The van der Waals surface area contributed by atoms with Gasteiger partial charge in [0.1, 0.15) is 0 Å². The van der Waals surface area contributed by atoms with Crippen LogP contribution in [0.25, 0.3) is 22.0 Å². The molecule has 1 unspecified atom stereocenters. The summed E-state index contributed by atoms with van der Waals surface area (Å²) in [5.41, 5.74) is 2.29. The zero-order valence-electron chi connectivity index (χ0n) is 10.3. The van der Waals surface area contributed by atoms with Crippen molar-refractivity contribution in [2.75, 3.05) is 6.66 Å². The minimum atomic E-state index is -0.284. The number of pyridine rings is 1. The average molecular weight is 440 g/mol. The maximum Gasteiger partial charge on any atom is 0.0167 e. The molecule has 3 aromatic rings. The predicted molar refractivity (Wildman–Crippen MR) is 78.1 cm³/mol. The number of rotatable bonds is 0. The van der Waals surface area contributed by atoms with Crippen molar-refractivity contribution in [2.45, 2.75) is 0 Å². The molecular weight excluding hydrogens is 429 g/mol. The summed E-state index contributed by atoms with van der Waals surface area (Å²) in [5, 5.41) is 5.45. The molecule has 1 aromatic heterocycles. The molecule has 0 aliphatic carbocycles. The van der Waals surface area contributed by atoms with Crippen LogP contribution in [0.15, 0.2) is 48.7 Å². The van der Waals surface area contributed by atoms with Crippen molar-refractivity contribution in [2.24, 2.45) is 0 Å². The second-order valence-electron chi connectivity index (χ2n) is 4.52. The summed E-state index contributed by atoms with van der Waals surface area (Å²) >= 11 is 0. The summed E-state index contributed by atoms with van der Waals surface area (Å²) in [6.07, 6.45) is 1.90. The number of aromatic nitrogens is 1. The van der Waals surface area contributed by atoms with Crippen LogP contribution >= 0.6 is 7.92 Å². The van der Waals surface area contributed by atoms with Gasteiger partial charge in [-0.3, -0.25) is 0 Å². The molecule has 4 rings (SSSR count). The topological polar surface area (TPSA) is 12.9 Å². The largest absolute Gasteiger partial charge is 0.304 e. The van der Waals surface area contributed by atoms with Gasteiger partial charge in [0.15, 0.2) is 0 Å². The summed E-state index contributed by atoms with van der Waals surface area (Å²) in [6.45, 7) is 2.33. The van der Waals surface area contributed by atoms with Crippen molar-refractivity contribution in [3.63, 3.8) is 0 Å². The van der Waals surface area contributed by atoms with E-state index in [4.69, 9.17) is 0 Å². The quantitative estimate of drug-likeness (QED) is 0.387. The molecule has 2 aromatic carbocycles. The molecular formula is C16H11IrNP-. The van der Waals surface area contributed by atoms with Crippen molar-refractivity contribution in [3.05, 3.63) is 54.7 Å². The fourth-order valence-corrected chi connectivity index (χ4v) is 4.66. The Labute approximate surface area is 127 Å². The number of hydrogen-bond donors (Lipinski definition) is 0. The second-order valence-corrected chi connectivity index (χ2v) is 6.61. The smallest absolute Gasteiger partial charge is 0.0167 e. The molecule has 0 bridgehead atoms. The normalized spacial score (nSPS) is 15.7. The van der Waals surface area contributed by atoms with E-state index in [0.717, 1.165) is 5.69 Å². The van der Waals surface area contributed by atoms with Gasteiger partial charge < -0.3 is 4.98 Å². The van der Waals surface area contributed by atoms with Crippen LogP contribution in [0.3, 0.4) is 0 Å². The van der Waals surface area contributed by atoms with Gasteiger partial charge in [-0.25, -0.2) is 0 Å². The molecule has 1 nitrogen and oxygen atoms in total. The Hall–Kier alpha value is -1.07. The third-order valence-electron chi connectivity index (χ3n) is 3.56. The van der Waals surface area contributed by atoms with Crippen molar-refractivity contribution in [3.8, 4) is 11.3 Å². The van der Waals surface area contributed by atoms with Crippen molar-refractivity contribution in [1.82, 2.24) is 4.98 Å². The second kappa shape index (κ2) is 4.80. The van der Waals surface area contributed by atoms with Gasteiger partial charge in [0, 0.05) is 26.3 Å². The SMILES string of the molecule is CP1c2ccc[c-]c2-c2nccc3cccc1c23.[Ir]. The fraction of sp³-hybridized carbons (Fsp3) is 0.0625. The Balaban J connectivity index is 0.00000110. The molecule has 0 saturated heterocycles. The van der Waals surface area contributed by atoms with E-state index in [9.17, 15) is 0 Å². The van der Waals surface area contributed by atoms with E-state index < -0.39 is 0 Å². The summed E-state index contributed by atoms with van der Waals surface area (Å²) < 4.78 is 0. The first-order valence-electron chi connectivity index (χ1n) is 5.99. The third kappa shape index (κ3) is 1.79. The Morgan fingerprint density at radius 2 is 1.89 bits per heavy atom. The van der Waals surface area contributed by atoms with Gasteiger partial charge in [-0.15, -0.1) is 29.8 Å². The van der Waals surface area contributed by atoms with Gasteiger partial charge >= 0.3 is 0 Å². The van der Waals surface area contributed by atoms with Crippen LogP contribution < -0.4 is 10.6 Å². The molecule has 19 heavy (non-hydrogen) atoms. The zero-order chi connectivity index (χ0) is 12.1. The molecule has 95 valence electrons. The molecule has 0 N–H and O–H groups in total. The van der Waals surface area contributed by atoms with Crippen molar-refractivity contribution >= 4 is 29.3 Å². The van der Waals surface area contributed by atoms with E-state index in [-0.39, 0.29) is 28.0 Å². The molecule has 2 heterocycles. The van der Waals surface area contributed by atoms with E-state index in [0.29, 0.717) is 0 Å². The van der Waals surface area contributed by atoms with E-state index in [1.54, 1.807) is 0 Å². The molecule has 1 aliphatic heterocycles. The van der Waals surface area contributed by atoms with Gasteiger partial charge in [-0.2, -0.15) is 0 Å².